The topological polar surface area (TPSA) is 62.5 Å². The molecule has 23 heavy (non-hydrogen) atoms. The van der Waals surface area contributed by atoms with Crippen molar-refractivity contribution >= 4 is 6.03 Å². The molecule has 6 heteroatoms. The molecule has 1 saturated heterocycles. The molecule has 1 unspecified atom stereocenters. The van der Waals surface area contributed by atoms with Crippen molar-refractivity contribution in [3.05, 3.63) is 35.7 Å². The Balaban J connectivity index is 1.78. The Morgan fingerprint density at radius 2 is 2.13 bits per heavy atom. The van der Waals surface area contributed by atoms with Gasteiger partial charge in [-0.1, -0.05) is 29.4 Å². The van der Waals surface area contributed by atoms with Crippen LogP contribution in [0.5, 0.6) is 0 Å². The van der Waals surface area contributed by atoms with Crippen LogP contribution in [0.1, 0.15) is 30.2 Å². The van der Waals surface area contributed by atoms with E-state index < -0.39 is 0 Å². The lowest BCUT2D eigenvalue weighted by molar-refractivity contribution is 0.149. The molecule has 1 fully saturated rings. The third-order valence-corrected chi connectivity index (χ3v) is 4.25. The summed E-state index contributed by atoms with van der Waals surface area (Å²) in [6, 6.07) is 8.02. The third kappa shape index (κ3) is 3.21. The molecule has 1 aromatic carbocycles. The molecule has 0 radical (unpaired) electrons. The zero-order valence-corrected chi connectivity index (χ0v) is 13.8. The number of hydrogen-bond donors (Lipinski definition) is 0. The second kappa shape index (κ2) is 6.40. The number of hydrogen-bond acceptors (Lipinski definition) is 4. The van der Waals surface area contributed by atoms with Gasteiger partial charge in [-0.3, -0.25) is 0 Å². The summed E-state index contributed by atoms with van der Waals surface area (Å²) < 4.78 is 5.49. The molecule has 1 atom stereocenters. The molecule has 0 spiro atoms. The number of piperidine rings is 1. The highest BCUT2D eigenvalue weighted by Gasteiger charge is 2.29. The van der Waals surface area contributed by atoms with Gasteiger partial charge in [0.25, 0.3) is 0 Å². The predicted octanol–water partition coefficient (Wildman–Crippen LogP) is 2.91. The molecular weight excluding hydrogens is 292 g/mol. The first-order chi connectivity index (χ1) is 11.1. The molecule has 0 bridgehead atoms. The number of carbonyl (C=O) groups excluding carboxylic acids is 1. The zero-order chi connectivity index (χ0) is 16.4. The number of aryl methyl sites for hydroxylation is 1. The first-order valence-corrected chi connectivity index (χ1v) is 7.92. The van der Waals surface area contributed by atoms with Crippen LogP contribution >= 0.6 is 0 Å². The standard InChI is InChI=1S/C17H22N4O2/c1-12-7-4-5-9-14(12)15-18-16(23-19-15)13-8-6-10-21(11-13)17(22)20(2)3/h4-5,7,9,13H,6,8,10-11H2,1-3H3. The summed E-state index contributed by atoms with van der Waals surface area (Å²) in [5.74, 6) is 1.35. The van der Waals surface area contributed by atoms with E-state index in [2.05, 4.69) is 10.1 Å². The van der Waals surface area contributed by atoms with E-state index in [4.69, 9.17) is 4.52 Å². The third-order valence-electron chi connectivity index (χ3n) is 4.25. The van der Waals surface area contributed by atoms with Crippen molar-refractivity contribution in [3.63, 3.8) is 0 Å². The maximum Gasteiger partial charge on any atom is 0.319 e. The highest BCUT2D eigenvalue weighted by Crippen LogP contribution is 2.28. The molecule has 0 aliphatic carbocycles. The Hall–Kier alpha value is -2.37. The van der Waals surface area contributed by atoms with Gasteiger partial charge in [0.05, 0.1) is 5.92 Å². The number of carbonyl (C=O) groups is 1. The van der Waals surface area contributed by atoms with Gasteiger partial charge < -0.3 is 14.3 Å². The van der Waals surface area contributed by atoms with Crippen molar-refractivity contribution < 1.29 is 9.32 Å². The molecule has 1 aliphatic rings. The summed E-state index contributed by atoms with van der Waals surface area (Å²) in [7, 11) is 3.55. The van der Waals surface area contributed by atoms with E-state index in [1.54, 1.807) is 19.0 Å². The molecular formula is C17H22N4O2. The summed E-state index contributed by atoms with van der Waals surface area (Å²) in [4.78, 5) is 20.2. The number of aromatic nitrogens is 2. The Labute approximate surface area is 136 Å². The van der Waals surface area contributed by atoms with Crippen LogP contribution in [-0.2, 0) is 0 Å². The van der Waals surface area contributed by atoms with Crippen LogP contribution in [0.3, 0.4) is 0 Å². The molecule has 3 rings (SSSR count). The summed E-state index contributed by atoms with van der Waals surface area (Å²) in [6.45, 7) is 3.45. The fraction of sp³-hybridized carbons (Fsp3) is 0.471. The van der Waals surface area contributed by atoms with E-state index in [-0.39, 0.29) is 11.9 Å². The van der Waals surface area contributed by atoms with Crippen LogP contribution in [0.25, 0.3) is 11.4 Å². The van der Waals surface area contributed by atoms with Crippen molar-refractivity contribution in [2.75, 3.05) is 27.2 Å². The lowest BCUT2D eigenvalue weighted by Gasteiger charge is -2.32. The van der Waals surface area contributed by atoms with E-state index in [0.717, 1.165) is 30.5 Å². The number of likely N-dealkylation sites (tertiary alicyclic amines) is 1. The van der Waals surface area contributed by atoms with Crippen LogP contribution in [0, 0.1) is 6.92 Å². The highest BCUT2D eigenvalue weighted by molar-refractivity contribution is 5.74. The second-order valence-corrected chi connectivity index (χ2v) is 6.23. The number of rotatable bonds is 2. The molecule has 1 aromatic heterocycles. The average Bonchev–Trinajstić information content (AvgIpc) is 3.04. The largest absolute Gasteiger partial charge is 0.339 e. The normalized spacial score (nSPS) is 18.0. The second-order valence-electron chi connectivity index (χ2n) is 6.23. The van der Waals surface area contributed by atoms with Crippen molar-refractivity contribution in [2.24, 2.45) is 0 Å². The van der Waals surface area contributed by atoms with E-state index >= 15 is 0 Å². The molecule has 0 N–H and O–H groups in total. The van der Waals surface area contributed by atoms with Crippen LogP contribution in [-0.4, -0.2) is 53.2 Å². The summed E-state index contributed by atoms with van der Waals surface area (Å²) in [5, 5.41) is 4.13. The number of benzene rings is 1. The minimum Gasteiger partial charge on any atom is -0.339 e. The Bertz CT molecular complexity index is 695. The fourth-order valence-electron chi connectivity index (χ4n) is 2.97. The first-order valence-electron chi connectivity index (χ1n) is 7.92. The molecule has 2 heterocycles. The van der Waals surface area contributed by atoms with Gasteiger partial charge in [0.1, 0.15) is 0 Å². The van der Waals surface area contributed by atoms with Gasteiger partial charge in [0.15, 0.2) is 0 Å². The minimum absolute atomic E-state index is 0.0355. The lowest BCUT2D eigenvalue weighted by atomic mass is 9.98. The van der Waals surface area contributed by atoms with Crippen LogP contribution < -0.4 is 0 Å². The van der Waals surface area contributed by atoms with E-state index in [1.165, 1.54) is 0 Å². The zero-order valence-electron chi connectivity index (χ0n) is 13.8. The van der Waals surface area contributed by atoms with Crippen LogP contribution in [0.4, 0.5) is 4.79 Å². The molecule has 122 valence electrons. The number of amides is 2. The van der Waals surface area contributed by atoms with Gasteiger partial charge in [0.2, 0.25) is 11.7 Å². The SMILES string of the molecule is Cc1ccccc1-c1noc(C2CCCN(C(=O)N(C)C)C2)n1. The van der Waals surface area contributed by atoms with E-state index in [9.17, 15) is 4.79 Å². The predicted molar refractivity (Wildman–Crippen MR) is 87.1 cm³/mol. The quantitative estimate of drug-likeness (QED) is 0.855. The van der Waals surface area contributed by atoms with E-state index in [0.29, 0.717) is 18.3 Å². The lowest BCUT2D eigenvalue weighted by Crippen LogP contribution is -2.44. The van der Waals surface area contributed by atoms with Gasteiger partial charge >= 0.3 is 6.03 Å². The number of urea groups is 1. The molecule has 6 nitrogen and oxygen atoms in total. The molecule has 1 aliphatic heterocycles. The summed E-state index contributed by atoms with van der Waals surface area (Å²) in [5.41, 5.74) is 2.10. The monoisotopic (exact) mass is 314 g/mol. The van der Waals surface area contributed by atoms with Crippen LogP contribution in [0.15, 0.2) is 28.8 Å². The van der Waals surface area contributed by atoms with Crippen molar-refractivity contribution in [2.45, 2.75) is 25.7 Å². The molecule has 2 amide bonds. The van der Waals surface area contributed by atoms with E-state index in [1.807, 2.05) is 36.1 Å². The first kappa shape index (κ1) is 15.5. The smallest absolute Gasteiger partial charge is 0.319 e. The van der Waals surface area contributed by atoms with Gasteiger partial charge in [-0.25, -0.2) is 4.79 Å². The molecule has 2 aromatic rings. The van der Waals surface area contributed by atoms with Gasteiger partial charge in [-0.15, -0.1) is 0 Å². The van der Waals surface area contributed by atoms with Crippen molar-refractivity contribution in [3.8, 4) is 11.4 Å². The van der Waals surface area contributed by atoms with Gasteiger partial charge in [-0.05, 0) is 25.3 Å². The van der Waals surface area contributed by atoms with Gasteiger partial charge in [0, 0.05) is 32.7 Å². The minimum atomic E-state index is 0.0355. The van der Waals surface area contributed by atoms with Crippen LogP contribution in [0.2, 0.25) is 0 Å². The van der Waals surface area contributed by atoms with Gasteiger partial charge in [-0.2, -0.15) is 4.98 Å². The fourth-order valence-corrected chi connectivity index (χ4v) is 2.97. The molecule has 0 saturated carbocycles. The maximum absolute atomic E-state index is 12.1. The Morgan fingerprint density at radius 3 is 2.87 bits per heavy atom. The highest BCUT2D eigenvalue weighted by atomic mass is 16.5. The average molecular weight is 314 g/mol. The van der Waals surface area contributed by atoms with Crippen molar-refractivity contribution in [1.82, 2.24) is 19.9 Å². The number of nitrogens with zero attached hydrogens (tertiary/aromatic N) is 4. The Morgan fingerprint density at radius 1 is 1.35 bits per heavy atom. The summed E-state index contributed by atoms with van der Waals surface area (Å²) in [6.07, 6.45) is 1.92. The van der Waals surface area contributed by atoms with Crippen molar-refractivity contribution in [1.29, 1.82) is 0 Å². The maximum atomic E-state index is 12.1. The summed E-state index contributed by atoms with van der Waals surface area (Å²) >= 11 is 0. The Kier molecular flexibility index (Phi) is 4.32.